The van der Waals surface area contributed by atoms with Crippen LogP contribution in [0, 0.1) is 13.8 Å². The molecule has 110 valence electrons. The van der Waals surface area contributed by atoms with Gasteiger partial charge in [-0.05, 0) is 38.8 Å². The molecule has 21 heavy (non-hydrogen) atoms. The molecule has 1 aliphatic rings. The molecule has 1 aliphatic heterocycles. The Balaban J connectivity index is 1.75. The number of nitrogens with zero attached hydrogens (tertiary/aromatic N) is 4. The minimum absolute atomic E-state index is 0.0162. The lowest BCUT2D eigenvalue weighted by molar-refractivity contribution is 0.0699. The molecule has 1 N–H and O–H groups in total. The van der Waals surface area contributed by atoms with Gasteiger partial charge < -0.3 is 4.90 Å². The highest BCUT2D eigenvalue weighted by Crippen LogP contribution is 2.26. The first-order valence-electron chi connectivity index (χ1n) is 7.24. The summed E-state index contributed by atoms with van der Waals surface area (Å²) in [6.45, 7) is 5.27. The van der Waals surface area contributed by atoms with E-state index in [0.29, 0.717) is 24.0 Å². The van der Waals surface area contributed by atoms with Gasteiger partial charge in [-0.2, -0.15) is 5.10 Å². The van der Waals surface area contributed by atoms with Gasteiger partial charge in [0.25, 0.3) is 5.91 Å². The van der Waals surface area contributed by atoms with E-state index in [-0.39, 0.29) is 5.91 Å². The van der Waals surface area contributed by atoms with Crippen molar-refractivity contribution in [1.82, 2.24) is 25.1 Å². The van der Waals surface area contributed by atoms with Crippen LogP contribution in [0.4, 0.5) is 0 Å². The molecule has 3 rings (SSSR count). The van der Waals surface area contributed by atoms with Gasteiger partial charge in [0.05, 0.1) is 5.69 Å². The van der Waals surface area contributed by atoms with Gasteiger partial charge in [-0.3, -0.25) is 9.89 Å². The standard InChI is InChI=1S/C15H19N5O/c1-10-8-14(19-18-10)12-4-3-7-20(9-12)15(21)13-5-6-16-11(2)17-13/h5-6,8,12H,3-4,7,9H2,1-2H3,(H,18,19). The number of aromatic amines is 1. The van der Waals surface area contributed by atoms with Gasteiger partial charge in [0.15, 0.2) is 0 Å². The lowest BCUT2D eigenvalue weighted by Gasteiger charge is -2.31. The number of hydrogen-bond donors (Lipinski definition) is 1. The normalized spacial score (nSPS) is 18.8. The van der Waals surface area contributed by atoms with Crippen LogP contribution in [0.25, 0.3) is 0 Å². The van der Waals surface area contributed by atoms with E-state index >= 15 is 0 Å². The first-order chi connectivity index (χ1) is 10.1. The van der Waals surface area contributed by atoms with E-state index in [1.165, 1.54) is 0 Å². The number of H-pyrrole nitrogens is 1. The maximum Gasteiger partial charge on any atom is 0.272 e. The van der Waals surface area contributed by atoms with E-state index in [0.717, 1.165) is 30.8 Å². The number of rotatable bonds is 2. The molecule has 0 spiro atoms. The summed E-state index contributed by atoms with van der Waals surface area (Å²) in [7, 11) is 0. The first-order valence-corrected chi connectivity index (χ1v) is 7.24. The Kier molecular flexibility index (Phi) is 3.68. The van der Waals surface area contributed by atoms with Gasteiger partial charge in [-0.25, -0.2) is 9.97 Å². The maximum absolute atomic E-state index is 12.5. The van der Waals surface area contributed by atoms with Crippen molar-refractivity contribution in [2.24, 2.45) is 0 Å². The highest BCUT2D eigenvalue weighted by molar-refractivity contribution is 5.92. The summed E-state index contributed by atoms with van der Waals surface area (Å²) in [5, 5.41) is 7.31. The second-order valence-electron chi connectivity index (χ2n) is 5.56. The van der Waals surface area contributed by atoms with Crippen LogP contribution in [0.2, 0.25) is 0 Å². The zero-order valence-electron chi connectivity index (χ0n) is 12.3. The number of hydrogen-bond acceptors (Lipinski definition) is 4. The van der Waals surface area contributed by atoms with Crippen LogP contribution >= 0.6 is 0 Å². The zero-order chi connectivity index (χ0) is 14.8. The Bertz CT molecular complexity index is 651. The topological polar surface area (TPSA) is 74.8 Å². The summed E-state index contributed by atoms with van der Waals surface area (Å²) in [6.07, 6.45) is 3.69. The zero-order valence-corrected chi connectivity index (χ0v) is 12.3. The number of amides is 1. The number of aromatic nitrogens is 4. The van der Waals surface area contributed by atoms with Crippen molar-refractivity contribution in [3.05, 3.63) is 41.2 Å². The average molecular weight is 285 g/mol. The summed E-state index contributed by atoms with van der Waals surface area (Å²) < 4.78 is 0. The molecule has 2 aromatic rings. The second kappa shape index (κ2) is 5.63. The fourth-order valence-corrected chi connectivity index (χ4v) is 2.79. The number of aryl methyl sites for hydroxylation is 2. The summed E-state index contributed by atoms with van der Waals surface area (Å²) in [4.78, 5) is 22.7. The monoisotopic (exact) mass is 285 g/mol. The number of carbonyl (C=O) groups is 1. The number of piperidine rings is 1. The van der Waals surface area contributed by atoms with E-state index in [1.807, 2.05) is 11.8 Å². The van der Waals surface area contributed by atoms with Crippen molar-refractivity contribution < 1.29 is 4.79 Å². The van der Waals surface area contributed by atoms with Gasteiger partial charge in [0.2, 0.25) is 0 Å². The van der Waals surface area contributed by atoms with E-state index in [1.54, 1.807) is 19.2 Å². The Labute approximate surface area is 123 Å². The molecule has 0 saturated carbocycles. The van der Waals surface area contributed by atoms with Crippen LogP contribution in [0.1, 0.15) is 46.5 Å². The molecule has 1 unspecified atom stereocenters. The van der Waals surface area contributed by atoms with Gasteiger partial charge in [0.1, 0.15) is 11.5 Å². The van der Waals surface area contributed by atoms with Crippen molar-refractivity contribution in [2.45, 2.75) is 32.6 Å². The summed E-state index contributed by atoms with van der Waals surface area (Å²) >= 11 is 0. The Hall–Kier alpha value is -2.24. The van der Waals surface area contributed by atoms with Crippen molar-refractivity contribution in [1.29, 1.82) is 0 Å². The van der Waals surface area contributed by atoms with Gasteiger partial charge >= 0.3 is 0 Å². The average Bonchev–Trinajstić information content (AvgIpc) is 2.93. The third-order valence-electron chi connectivity index (χ3n) is 3.85. The summed E-state index contributed by atoms with van der Waals surface area (Å²) in [6, 6.07) is 3.74. The third kappa shape index (κ3) is 2.94. The van der Waals surface area contributed by atoms with E-state index in [4.69, 9.17) is 0 Å². The highest BCUT2D eigenvalue weighted by Gasteiger charge is 2.27. The smallest absolute Gasteiger partial charge is 0.272 e. The van der Waals surface area contributed by atoms with E-state index in [2.05, 4.69) is 26.2 Å². The van der Waals surface area contributed by atoms with Crippen LogP contribution in [0.3, 0.4) is 0 Å². The minimum atomic E-state index is -0.0162. The van der Waals surface area contributed by atoms with Crippen LogP contribution in [0.15, 0.2) is 18.3 Å². The summed E-state index contributed by atoms with van der Waals surface area (Å²) in [5.41, 5.74) is 2.57. The van der Waals surface area contributed by atoms with Crippen molar-refractivity contribution in [3.8, 4) is 0 Å². The lowest BCUT2D eigenvalue weighted by atomic mass is 9.94. The second-order valence-corrected chi connectivity index (χ2v) is 5.56. The SMILES string of the molecule is Cc1nccc(C(=O)N2CCCC(c3cc(C)[nH]n3)C2)n1. The molecule has 3 heterocycles. The van der Waals surface area contributed by atoms with Crippen LogP contribution in [-0.4, -0.2) is 44.1 Å². The molecule has 0 aromatic carbocycles. The predicted octanol–water partition coefficient (Wildman–Crippen LogP) is 1.84. The number of carbonyl (C=O) groups excluding carboxylic acids is 1. The Morgan fingerprint density at radius 2 is 2.29 bits per heavy atom. The minimum Gasteiger partial charge on any atom is -0.337 e. The van der Waals surface area contributed by atoms with Gasteiger partial charge in [0, 0.05) is 30.9 Å². The van der Waals surface area contributed by atoms with E-state index < -0.39 is 0 Å². The molecular formula is C15H19N5O. The maximum atomic E-state index is 12.5. The van der Waals surface area contributed by atoms with E-state index in [9.17, 15) is 4.79 Å². The largest absolute Gasteiger partial charge is 0.337 e. The molecule has 1 atom stereocenters. The van der Waals surface area contributed by atoms with Crippen molar-refractivity contribution in [3.63, 3.8) is 0 Å². The highest BCUT2D eigenvalue weighted by atomic mass is 16.2. The molecular weight excluding hydrogens is 266 g/mol. The molecule has 1 saturated heterocycles. The molecule has 1 amide bonds. The van der Waals surface area contributed by atoms with Crippen LogP contribution in [-0.2, 0) is 0 Å². The van der Waals surface area contributed by atoms with Crippen molar-refractivity contribution >= 4 is 5.91 Å². The number of nitrogens with one attached hydrogen (secondary N) is 1. The number of likely N-dealkylation sites (tertiary alicyclic amines) is 1. The van der Waals surface area contributed by atoms with Crippen LogP contribution < -0.4 is 0 Å². The molecule has 6 heteroatoms. The quantitative estimate of drug-likeness (QED) is 0.913. The molecule has 1 fully saturated rings. The third-order valence-corrected chi connectivity index (χ3v) is 3.85. The summed E-state index contributed by atoms with van der Waals surface area (Å²) in [5.74, 6) is 0.908. The molecule has 0 bridgehead atoms. The lowest BCUT2D eigenvalue weighted by Crippen LogP contribution is -2.39. The van der Waals surface area contributed by atoms with Gasteiger partial charge in [-0.15, -0.1) is 0 Å². The van der Waals surface area contributed by atoms with Crippen LogP contribution in [0.5, 0.6) is 0 Å². The fourth-order valence-electron chi connectivity index (χ4n) is 2.79. The van der Waals surface area contributed by atoms with Crippen molar-refractivity contribution in [2.75, 3.05) is 13.1 Å². The molecule has 0 radical (unpaired) electrons. The van der Waals surface area contributed by atoms with Gasteiger partial charge in [-0.1, -0.05) is 0 Å². The Morgan fingerprint density at radius 1 is 1.43 bits per heavy atom. The fraction of sp³-hybridized carbons (Fsp3) is 0.467. The first kappa shape index (κ1) is 13.7. The molecule has 6 nitrogen and oxygen atoms in total. The predicted molar refractivity (Wildman–Crippen MR) is 78.0 cm³/mol. The molecule has 2 aromatic heterocycles. The molecule has 0 aliphatic carbocycles. The Morgan fingerprint density at radius 3 is 3.00 bits per heavy atom.